The van der Waals surface area contributed by atoms with Crippen molar-refractivity contribution in [1.82, 2.24) is 19.5 Å². The molecule has 124 valence electrons. The number of nitrogens with zero attached hydrogens (tertiary/aromatic N) is 3. The number of hydrogen-bond acceptors (Lipinski definition) is 4. The van der Waals surface area contributed by atoms with E-state index in [4.69, 9.17) is 16.3 Å². The lowest BCUT2D eigenvalue weighted by atomic mass is 10.2. The molecule has 0 saturated carbocycles. The van der Waals surface area contributed by atoms with Gasteiger partial charge in [0, 0.05) is 17.3 Å². The topological polar surface area (TPSA) is 72.8 Å². The van der Waals surface area contributed by atoms with E-state index < -0.39 is 0 Å². The number of nitrogens with one attached hydrogen (secondary N) is 1. The number of fused-ring (bicyclic) bond motifs is 1. The molecule has 0 saturated heterocycles. The third-order valence-electron chi connectivity index (χ3n) is 3.79. The van der Waals surface area contributed by atoms with Crippen molar-refractivity contribution >= 4 is 22.8 Å². The number of hydrogen-bond donors (Lipinski definition) is 1. The van der Waals surface area contributed by atoms with Gasteiger partial charge in [0.25, 0.3) is 0 Å². The van der Waals surface area contributed by atoms with Crippen LogP contribution in [-0.4, -0.2) is 19.5 Å². The first kappa shape index (κ1) is 15.4. The van der Waals surface area contributed by atoms with E-state index in [1.54, 1.807) is 42.7 Å². The fraction of sp³-hybridized carbons (Fsp3) is 0.0556. The SMILES string of the molecule is Cc1ccc(Oc2ccc(-n3c(=O)[nH]c4cccnc43)cn2)cc1Cl. The lowest BCUT2D eigenvalue weighted by Crippen LogP contribution is -2.15. The van der Waals surface area contributed by atoms with Crippen LogP contribution in [-0.2, 0) is 0 Å². The quantitative estimate of drug-likeness (QED) is 0.607. The number of halogens is 1. The molecule has 0 fully saturated rings. The number of H-pyrrole nitrogens is 1. The van der Waals surface area contributed by atoms with E-state index in [1.807, 2.05) is 19.1 Å². The van der Waals surface area contributed by atoms with Crippen molar-refractivity contribution in [2.24, 2.45) is 0 Å². The highest BCUT2D eigenvalue weighted by molar-refractivity contribution is 6.31. The zero-order valence-electron chi connectivity index (χ0n) is 13.2. The summed E-state index contributed by atoms with van der Waals surface area (Å²) in [4.78, 5) is 23.4. The minimum absolute atomic E-state index is 0.269. The lowest BCUT2D eigenvalue weighted by molar-refractivity contribution is 0.462. The first-order chi connectivity index (χ1) is 12.1. The summed E-state index contributed by atoms with van der Waals surface area (Å²) < 4.78 is 7.16. The maximum absolute atomic E-state index is 12.2. The smallest absolute Gasteiger partial charge is 0.332 e. The fourth-order valence-electron chi connectivity index (χ4n) is 2.50. The molecule has 0 aliphatic heterocycles. The van der Waals surface area contributed by atoms with Crippen molar-refractivity contribution in [1.29, 1.82) is 0 Å². The second-order valence-corrected chi connectivity index (χ2v) is 5.92. The number of imidazole rings is 1. The van der Waals surface area contributed by atoms with Crippen LogP contribution in [0.2, 0.25) is 5.02 Å². The van der Waals surface area contributed by atoms with Gasteiger partial charge < -0.3 is 9.72 Å². The van der Waals surface area contributed by atoms with Gasteiger partial charge in [0.15, 0.2) is 5.65 Å². The number of aryl methyl sites for hydroxylation is 1. The summed E-state index contributed by atoms with van der Waals surface area (Å²) in [5, 5.41) is 0.630. The first-order valence-electron chi connectivity index (χ1n) is 7.58. The number of aromatic nitrogens is 4. The molecule has 0 radical (unpaired) electrons. The summed E-state index contributed by atoms with van der Waals surface area (Å²) in [6, 6.07) is 12.4. The highest BCUT2D eigenvalue weighted by Gasteiger charge is 2.10. The molecule has 0 atom stereocenters. The van der Waals surface area contributed by atoms with E-state index in [0.717, 1.165) is 5.56 Å². The maximum Gasteiger partial charge on any atom is 0.332 e. The summed E-state index contributed by atoms with van der Waals surface area (Å²) >= 11 is 6.10. The monoisotopic (exact) mass is 352 g/mol. The van der Waals surface area contributed by atoms with Crippen molar-refractivity contribution in [2.75, 3.05) is 0 Å². The predicted molar refractivity (Wildman–Crippen MR) is 95.7 cm³/mol. The molecule has 0 amide bonds. The summed E-state index contributed by atoms with van der Waals surface area (Å²) in [5.41, 5.74) is 2.53. The zero-order valence-corrected chi connectivity index (χ0v) is 14.0. The average Bonchev–Trinajstić information content (AvgIpc) is 2.95. The van der Waals surface area contributed by atoms with E-state index in [-0.39, 0.29) is 5.69 Å². The summed E-state index contributed by atoms with van der Waals surface area (Å²) in [5.74, 6) is 1.01. The molecule has 6 nitrogen and oxygen atoms in total. The van der Waals surface area contributed by atoms with E-state index in [9.17, 15) is 4.79 Å². The second kappa shape index (κ2) is 6.07. The van der Waals surface area contributed by atoms with Crippen molar-refractivity contribution in [3.8, 4) is 17.3 Å². The Balaban J connectivity index is 1.66. The van der Waals surface area contributed by atoms with Crippen LogP contribution >= 0.6 is 11.6 Å². The largest absolute Gasteiger partial charge is 0.439 e. The van der Waals surface area contributed by atoms with Gasteiger partial charge in [-0.3, -0.25) is 0 Å². The Kier molecular flexibility index (Phi) is 3.74. The Bertz CT molecular complexity index is 1120. The third-order valence-corrected chi connectivity index (χ3v) is 4.20. The second-order valence-electron chi connectivity index (χ2n) is 5.51. The molecule has 0 aliphatic rings. The Morgan fingerprint density at radius 1 is 1.16 bits per heavy atom. The molecular formula is C18H13ClN4O2. The minimum Gasteiger partial charge on any atom is -0.439 e. The van der Waals surface area contributed by atoms with Gasteiger partial charge in [0.2, 0.25) is 5.88 Å². The van der Waals surface area contributed by atoms with Crippen molar-refractivity contribution in [3.05, 3.63) is 75.9 Å². The van der Waals surface area contributed by atoms with Gasteiger partial charge in [0.05, 0.1) is 17.4 Å². The van der Waals surface area contributed by atoms with Gasteiger partial charge >= 0.3 is 5.69 Å². The van der Waals surface area contributed by atoms with Crippen LogP contribution in [0.15, 0.2) is 59.7 Å². The highest BCUT2D eigenvalue weighted by atomic mass is 35.5. The van der Waals surface area contributed by atoms with Crippen LogP contribution in [0.5, 0.6) is 11.6 Å². The van der Waals surface area contributed by atoms with E-state index in [2.05, 4.69) is 15.0 Å². The minimum atomic E-state index is -0.269. The first-order valence-corrected chi connectivity index (χ1v) is 7.96. The fourth-order valence-corrected chi connectivity index (χ4v) is 2.67. The van der Waals surface area contributed by atoms with Gasteiger partial charge in [-0.15, -0.1) is 0 Å². The molecule has 7 heteroatoms. The molecule has 1 aromatic carbocycles. The van der Waals surface area contributed by atoms with Crippen LogP contribution in [0.1, 0.15) is 5.56 Å². The van der Waals surface area contributed by atoms with Crippen LogP contribution in [0, 0.1) is 6.92 Å². The van der Waals surface area contributed by atoms with Crippen molar-refractivity contribution in [3.63, 3.8) is 0 Å². The van der Waals surface area contributed by atoms with Gasteiger partial charge in [0.1, 0.15) is 5.75 Å². The molecule has 4 aromatic rings. The summed E-state index contributed by atoms with van der Waals surface area (Å²) in [7, 11) is 0. The van der Waals surface area contributed by atoms with E-state index in [1.165, 1.54) is 4.57 Å². The maximum atomic E-state index is 12.2. The molecule has 0 bridgehead atoms. The van der Waals surface area contributed by atoms with Gasteiger partial charge in [-0.05, 0) is 42.8 Å². The Morgan fingerprint density at radius 2 is 2.04 bits per heavy atom. The molecule has 3 aromatic heterocycles. The molecule has 4 rings (SSSR count). The molecule has 1 N–H and O–H groups in total. The molecular weight excluding hydrogens is 340 g/mol. The molecule has 3 heterocycles. The average molecular weight is 353 g/mol. The Morgan fingerprint density at radius 3 is 2.80 bits per heavy atom. The molecule has 0 aliphatic carbocycles. The van der Waals surface area contributed by atoms with Crippen LogP contribution < -0.4 is 10.4 Å². The van der Waals surface area contributed by atoms with Gasteiger partial charge in [-0.2, -0.15) is 0 Å². The molecule has 25 heavy (non-hydrogen) atoms. The Hall–Kier alpha value is -3.12. The number of ether oxygens (including phenoxy) is 1. The van der Waals surface area contributed by atoms with Crippen LogP contribution in [0.3, 0.4) is 0 Å². The van der Waals surface area contributed by atoms with Crippen molar-refractivity contribution < 1.29 is 4.74 Å². The number of aromatic amines is 1. The standard InChI is InChI=1S/C18H13ClN4O2/c1-11-4-6-13(9-14(11)19)25-16-7-5-12(10-21-16)23-17-15(22-18(23)24)3-2-8-20-17/h2-10H,1H3,(H,22,24). The normalized spacial score (nSPS) is 11.0. The number of rotatable bonds is 3. The Labute approximate surface area is 147 Å². The van der Waals surface area contributed by atoms with Gasteiger partial charge in [-0.25, -0.2) is 19.3 Å². The van der Waals surface area contributed by atoms with Crippen LogP contribution in [0.4, 0.5) is 0 Å². The zero-order chi connectivity index (χ0) is 17.4. The molecule has 0 unspecified atom stereocenters. The number of pyridine rings is 2. The predicted octanol–water partition coefficient (Wildman–Crippen LogP) is 3.86. The van der Waals surface area contributed by atoms with Crippen LogP contribution in [0.25, 0.3) is 16.9 Å². The third kappa shape index (κ3) is 2.88. The number of benzene rings is 1. The van der Waals surface area contributed by atoms with E-state index in [0.29, 0.717) is 33.5 Å². The summed E-state index contributed by atoms with van der Waals surface area (Å²) in [6.07, 6.45) is 3.20. The van der Waals surface area contributed by atoms with Crippen molar-refractivity contribution in [2.45, 2.75) is 6.92 Å². The molecule has 0 spiro atoms. The highest BCUT2D eigenvalue weighted by Crippen LogP contribution is 2.25. The summed E-state index contributed by atoms with van der Waals surface area (Å²) in [6.45, 7) is 1.92. The lowest BCUT2D eigenvalue weighted by Gasteiger charge is -2.07. The van der Waals surface area contributed by atoms with Gasteiger partial charge in [-0.1, -0.05) is 17.7 Å². The van der Waals surface area contributed by atoms with E-state index >= 15 is 0 Å².